The molecular formula is C16H18N4O4. The van der Waals surface area contributed by atoms with Gasteiger partial charge in [0.2, 0.25) is 5.91 Å². The minimum Gasteiger partial charge on any atom is -0.497 e. The second kappa shape index (κ2) is 7.91. The standard InChI is InChI=1S/C16H18N4O4/c1-3-20(16(23)13-7-8-14(21)19-18-13)10-15(22)17-11-5-4-6-12(9-11)24-2/h4-9H,3,10H2,1-2H3,(H,17,22)(H,19,21). The van der Waals surface area contributed by atoms with Crippen molar-refractivity contribution >= 4 is 17.5 Å². The highest BCUT2D eigenvalue weighted by Crippen LogP contribution is 2.16. The predicted octanol–water partition coefficient (Wildman–Crippen LogP) is 0.879. The number of hydrogen-bond acceptors (Lipinski definition) is 5. The summed E-state index contributed by atoms with van der Waals surface area (Å²) >= 11 is 0. The van der Waals surface area contributed by atoms with Gasteiger partial charge in [-0.05, 0) is 25.1 Å². The Kier molecular flexibility index (Phi) is 5.67. The summed E-state index contributed by atoms with van der Waals surface area (Å²) in [5, 5.41) is 8.59. The van der Waals surface area contributed by atoms with Crippen molar-refractivity contribution in [2.45, 2.75) is 6.92 Å². The number of hydrogen-bond donors (Lipinski definition) is 2. The first-order valence-corrected chi connectivity index (χ1v) is 7.32. The monoisotopic (exact) mass is 330 g/mol. The Hall–Kier alpha value is -3.16. The van der Waals surface area contributed by atoms with Gasteiger partial charge in [0.1, 0.15) is 18.0 Å². The second-order valence-electron chi connectivity index (χ2n) is 4.91. The molecule has 0 atom stereocenters. The van der Waals surface area contributed by atoms with Crippen LogP contribution in [0.4, 0.5) is 5.69 Å². The lowest BCUT2D eigenvalue weighted by Crippen LogP contribution is -2.38. The Morgan fingerprint density at radius 2 is 2.08 bits per heavy atom. The smallest absolute Gasteiger partial charge is 0.274 e. The minimum absolute atomic E-state index is 0.0747. The predicted molar refractivity (Wildman–Crippen MR) is 88.1 cm³/mol. The van der Waals surface area contributed by atoms with E-state index in [2.05, 4.69) is 15.5 Å². The van der Waals surface area contributed by atoms with E-state index in [0.29, 0.717) is 18.0 Å². The summed E-state index contributed by atoms with van der Waals surface area (Å²) < 4.78 is 5.09. The number of anilines is 1. The van der Waals surface area contributed by atoms with Crippen LogP contribution in [-0.4, -0.2) is 47.1 Å². The number of benzene rings is 1. The molecule has 1 aromatic carbocycles. The van der Waals surface area contributed by atoms with Crippen LogP contribution in [0.2, 0.25) is 0 Å². The summed E-state index contributed by atoms with van der Waals surface area (Å²) in [6.45, 7) is 1.95. The molecule has 0 unspecified atom stereocenters. The number of carbonyl (C=O) groups is 2. The van der Waals surface area contributed by atoms with Crippen molar-refractivity contribution in [1.82, 2.24) is 15.1 Å². The number of amides is 2. The molecular weight excluding hydrogens is 312 g/mol. The van der Waals surface area contributed by atoms with E-state index in [1.54, 1.807) is 31.2 Å². The number of rotatable bonds is 6. The molecule has 1 aromatic heterocycles. The van der Waals surface area contributed by atoms with E-state index in [0.717, 1.165) is 0 Å². The zero-order valence-electron chi connectivity index (χ0n) is 13.4. The number of nitrogens with one attached hydrogen (secondary N) is 2. The molecule has 2 aromatic rings. The van der Waals surface area contributed by atoms with Crippen molar-refractivity contribution < 1.29 is 14.3 Å². The quantitative estimate of drug-likeness (QED) is 0.818. The van der Waals surface area contributed by atoms with Gasteiger partial charge < -0.3 is 15.0 Å². The van der Waals surface area contributed by atoms with Crippen molar-refractivity contribution in [2.24, 2.45) is 0 Å². The van der Waals surface area contributed by atoms with Gasteiger partial charge in [-0.15, -0.1) is 0 Å². The first kappa shape index (κ1) is 17.2. The third-order valence-electron chi connectivity index (χ3n) is 3.26. The normalized spacial score (nSPS) is 10.1. The van der Waals surface area contributed by atoms with Crippen LogP contribution in [0.25, 0.3) is 0 Å². The van der Waals surface area contributed by atoms with Crippen molar-refractivity contribution in [2.75, 3.05) is 25.5 Å². The molecule has 0 aliphatic rings. The molecule has 126 valence electrons. The van der Waals surface area contributed by atoms with Gasteiger partial charge in [-0.1, -0.05) is 6.07 Å². The molecule has 2 rings (SSSR count). The van der Waals surface area contributed by atoms with Gasteiger partial charge in [0.05, 0.1) is 7.11 Å². The van der Waals surface area contributed by atoms with Gasteiger partial charge in [-0.3, -0.25) is 14.4 Å². The molecule has 2 amide bonds. The molecule has 24 heavy (non-hydrogen) atoms. The first-order valence-electron chi connectivity index (χ1n) is 7.32. The number of ether oxygens (including phenoxy) is 1. The first-order chi connectivity index (χ1) is 11.5. The molecule has 0 fully saturated rings. The Bertz CT molecular complexity index is 767. The van der Waals surface area contributed by atoms with Crippen LogP contribution in [0.3, 0.4) is 0 Å². The third kappa shape index (κ3) is 4.42. The summed E-state index contributed by atoms with van der Waals surface area (Å²) in [5.41, 5.74) is 0.251. The summed E-state index contributed by atoms with van der Waals surface area (Å²) in [5.74, 6) is -0.161. The van der Waals surface area contributed by atoms with Crippen LogP contribution < -0.4 is 15.6 Å². The highest BCUT2D eigenvalue weighted by atomic mass is 16.5. The fourth-order valence-electron chi connectivity index (χ4n) is 2.03. The fraction of sp³-hybridized carbons (Fsp3) is 0.250. The molecule has 0 radical (unpaired) electrons. The maximum absolute atomic E-state index is 12.3. The molecule has 1 heterocycles. The molecule has 2 N–H and O–H groups in total. The number of nitrogens with zero attached hydrogens (tertiary/aromatic N) is 2. The van der Waals surface area contributed by atoms with Crippen molar-refractivity contribution in [3.8, 4) is 5.75 Å². The lowest BCUT2D eigenvalue weighted by Gasteiger charge is -2.19. The lowest BCUT2D eigenvalue weighted by atomic mass is 10.3. The highest BCUT2D eigenvalue weighted by molar-refractivity contribution is 5.98. The SMILES string of the molecule is CCN(CC(=O)Nc1cccc(OC)c1)C(=O)c1ccc(=O)[nH]n1. The Morgan fingerprint density at radius 1 is 1.29 bits per heavy atom. The number of carbonyl (C=O) groups excluding carboxylic acids is 2. The number of methoxy groups -OCH3 is 1. The summed E-state index contributed by atoms with van der Waals surface area (Å²) in [6.07, 6.45) is 0. The summed E-state index contributed by atoms with van der Waals surface area (Å²) in [6, 6.07) is 9.45. The number of aromatic nitrogens is 2. The number of H-pyrrole nitrogens is 1. The molecule has 8 nitrogen and oxygen atoms in total. The van der Waals surface area contributed by atoms with Crippen LogP contribution in [0.5, 0.6) is 5.75 Å². The van der Waals surface area contributed by atoms with E-state index in [1.807, 2.05) is 0 Å². The molecule has 0 spiro atoms. The minimum atomic E-state index is -0.436. The van der Waals surface area contributed by atoms with Crippen LogP contribution in [0.15, 0.2) is 41.2 Å². The third-order valence-corrected chi connectivity index (χ3v) is 3.26. The largest absolute Gasteiger partial charge is 0.497 e. The molecule has 0 aliphatic carbocycles. The molecule has 0 aliphatic heterocycles. The van der Waals surface area contributed by atoms with Gasteiger partial charge in [0.25, 0.3) is 11.5 Å². The van der Waals surface area contributed by atoms with Crippen LogP contribution in [0.1, 0.15) is 17.4 Å². The van der Waals surface area contributed by atoms with Gasteiger partial charge >= 0.3 is 0 Å². The molecule has 0 bridgehead atoms. The van der Waals surface area contributed by atoms with Crippen molar-refractivity contribution in [3.05, 3.63) is 52.4 Å². The van der Waals surface area contributed by atoms with E-state index in [1.165, 1.54) is 24.1 Å². The average molecular weight is 330 g/mol. The summed E-state index contributed by atoms with van der Waals surface area (Å²) in [7, 11) is 1.54. The van der Waals surface area contributed by atoms with E-state index in [-0.39, 0.29) is 18.1 Å². The van der Waals surface area contributed by atoms with Gasteiger partial charge in [0.15, 0.2) is 0 Å². The van der Waals surface area contributed by atoms with E-state index >= 15 is 0 Å². The van der Waals surface area contributed by atoms with Crippen molar-refractivity contribution in [3.63, 3.8) is 0 Å². The molecule has 8 heteroatoms. The maximum atomic E-state index is 12.3. The topological polar surface area (TPSA) is 104 Å². The van der Waals surface area contributed by atoms with Crippen LogP contribution in [-0.2, 0) is 4.79 Å². The Balaban J connectivity index is 2.03. The Labute approximate surface area is 138 Å². The van der Waals surface area contributed by atoms with Crippen LogP contribution >= 0.6 is 0 Å². The van der Waals surface area contributed by atoms with Gasteiger partial charge in [-0.2, -0.15) is 5.10 Å². The zero-order valence-corrected chi connectivity index (χ0v) is 13.4. The average Bonchev–Trinajstić information content (AvgIpc) is 2.60. The summed E-state index contributed by atoms with van der Waals surface area (Å²) in [4.78, 5) is 36.8. The lowest BCUT2D eigenvalue weighted by molar-refractivity contribution is -0.116. The zero-order chi connectivity index (χ0) is 17.5. The van der Waals surface area contributed by atoms with Gasteiger partial charge in [-0.25, -0.2) is 5.10 Å². The maximum Gasteiger partial charge on any atom is 0.274 e. The van der Waals surface area contributed by atoms with E-state index in [4.69, 9.17) is 4.74 Å². The number of aromatic amines is 1. The fourth-order valence-corrected chi connectivity index (χ4v) is 2.03. The second-order valence-corrected chi connectivity index (χ2v) is 4.91. The van der Waals surface area contributed by atoms with Gasteiger partial charge in [0, 0.05) is 24.4 Å². The number of likely N-dealkylation sites (N-methyl/N-ethyl adjacent to an activating group) is 1. The van der Waals surface area contributed by atoms with Crippen molar-refractivity contribution in [1.29, 1.82) is 0 Å². The molecule has 0 saturated carbocycles. The molecule has 0 saturated heterocycles. The van der Waals surface area contributed by atoms with E-state index < -0.39 is 11.5 Å². The van der Waals surface area contributed by atoms with Crippen LogP contribution in [0, 0.1) is 0 Å². The highest BCUT2D eigenvalue weighted by Gasteiger charge is 2.18. The Morgan fingerprint density at radius 3 is 2.71 bits per heavy atom. The van der Waals surface area contributed by atoms with E-state index in [9.17, 15) is 14.4 Å².